The number of anilines is 1. The number of hydrogen-bond donors (Lipinski definition) is 2. The van der Waals surface area contributed by atoms with Gasteiger partial charge in [0.2, 0.25) is 11.7 Å². The summed E-state index contributed by atoms with van der Waals surface area (Å²) in [4.78, 5) is 62.2. The lowest BCUT2D eigenvalue weighted by Gasteiger charge is -2.55. The number of rotatable bonds is 16. The Kier molecular flexibility index (Phi) is 13.9. The molecule has 15 nitrogen and oxygen atoms in total. The molecule has 0 unspecified atom stereocenters. The third-order valence-corrected chi connectivity index (χ3v) is 18.4. The van der Waals surface area contributed by atoms with E-state index in [9.17, 15) is 14.7 Å². The number of carbonyl (C=O) groups excluding carboxylic acids is 4. The van der Waals surface area contributed by atoms with E-state index >= 15 is 9.59 Å². The number of aliphatic hydroxyl groups excluding tert-OH is 1. The summed E-state index contributed by atoms with van der Waals surface area (Å²) >= 11 is 0. The van der Waals surface area contributed by atoms with Gasteiger partial charge < -0.3 is 38.3 Å². The third kappa shape index (κ3) is 8.69. The first kappa shape index (κ1) is 47.8. The van der Waals surface area contributed by atoms with Crippen molar-refractivity contribution in [1.29, 1.82) is 0 Å². The van der Waals surface area contributed by atoms with Crippen LogP contribution in [-0.2, 0) is 27.0 Å². The van der Waals surface area contributed by atoms with E-state index in [1.807, 2.05) is 76.3 Å². The topological polar surface area (TPSA) is 179 Å². The number of allylic oxidation sites excluding steroid dienone is 1. The van der Waals surface area contributed by atoms with E-state index in [1.54, 1.807) is 6.07 Å². The van der Waals surface area contributed by atoms with Crippen molar-refractivity contribution in [2.75, 3.05) is 46.3 Å². The van der Waals surface area contributed by atoms with Crippen LogP contribution in [0.25, 0.3) is 0 Å². The number of fused-ring (bicyclic) bond motifs is 4. The molecule has 0 saturated carbocycles. The van der Waals surface area contributed by atoms with Gasteiger partial charge in [-0.1, -0.05) is 77.8 Å². The van der Waals surface area contributed by atoms with Crippen LogP contribution in [0.5, 0.6) is 17.4 Å². The van der Waals surface area contributed by atoms with Crippen LogP contribution in [0, 0.1) is 11.8 Å². The standard InChI is InChI=1S/C49H66N4O11Si/c1-11-13-23-60-41-33(50-45(57)34-21-18-22-53(34)47(58)62-28-29-19-16-15-17-20-29)27-35(59-8)31-25-30-26-32-39(52(6)7)42-38(46(51-63-42)61-24-14-12-2)44(56)49(32,64-65(9,10)48(3,4)5)43(55)36(30)40(54)37(31)41/h15-17,19-20,27,30,32,34,39,55H,11-14,18,21-26,28H2,1-10H3,(H,50,57)/t30-,32-,34+,39-,49-/m0/s1. The summed E-state index contributed by atoms with van der Waals surface area (Å²) in [6, 6.07) is 9.54. The second-order valence-corrected chi connectivity index (χ2v) is 24.2. The zero-order valence-corrected chi connectivity index (χ0v) is 40.6. The Bertz CT molecular complexity index is 2320. The number of aromatic nitrogens is 1. The van der Waals surface area contributed by atoms with Crippen molar-refractivity contribution in [2.24, 2.45) is 11.8 Å². The van der Waals surface area contributed by atoms with E-state index in [0.717, 1.165) is 24.8 Å². The number of methoxy groups -OCH3 is 1. The van der Waals surface area contributed by atoms with Crippen LogP contribution in [0.1, 0.15) is 123 Å². The molecule has 2 heterocycles. The van der Waals surface area contributed by atoms with E-state index in [4.69, 9.17) is 27.9 Å². The smallest absolute Gasteiger partial charge is 0.410 e. The molecule has 0 radical (unpaired) electrons. The third-order valence-electron chi connectivity index (χ3n) is 14.0. The molecule has 5 atom stereocenters. The molecule has 1 saturated heterocycles. The van der Waals surface area contributed by atoms with Crippen LogP contribution in [0.3, 0.4) is 0 Å². The molecule has 352 valence electrons. The minimum atomic E-state index is -2.95. The molecule has 1 aliphatic heterocycles. The van der Waals surface area contributed by atoms with Crippen LogP contribution in [-0.4, -0.2) is 105 Å². The quantitative estimate of drug-likeness (QED) is 0.103. The lowest BCUT2D eigenvalue weighted by molar-refractivity contribution is -0.120. The molecule has 7 rings (SSSR count). The average Bonchev–Trinajstić information content (AvgIpc) is 3.93. The van der Waals surface area contributed by atoms with E-state index < -0.39 is 72.2 Å². The number of ketones is 2. The number of hydrogen-bond acceptors (Lipinski definition) is 13. The molecule has 16 heteroatoms. The molecule has 0 spiro atoms. The number of carbonyl (C=O) groups is 4. The number of unbranched alkanes of at least 4 members (excludes halogenated alkanes) is 2. The fourth-order valence-corrected chi connectivity index (χ4v) is 11.0. The van der Waals surface area contributed by atoms with Gasteiger partial charge in [0.25, 0.3) is 5.88 Å². The summed E-state index contributed by atoms with van der Waals surface area (Å²) in [6.07, 6.45) is 3.94. The molecule has 2 N–H and O–H groups in total. The lowest BCUT2D eigenvalue weighted by atomic mass is 9.58. The first-order valence-corrected chi connectivity index (χ1v) is 26.0. The summed E-state index contributed by atoms with van der Waals surface area (Å²) in [5, 5.41) is 20.0. The van der Waals surface area contributed by atoms with Crippen molar-refractivity contribution in [2.45, 2.75) is 128 Å². The number of nitrogens with zero attached hydrogens (tertiary/aromatic N) is 3. The minimum absolute atomic E-state index is 0.0317. The Labute approximate surface area is 383 Å². The van der Waals surface area contributed by atoms with Crippen molar-refractivity contribution in [3.63, 3.8) is 0 Å². The molecule has 1 fully saturated rings. The maximum atomic E-state index is 15.6. The molecule has 2 amide bonds. The first-order valence-electron chi connectivity index (χ1n) is 23.1. The molecule has 0 bridgehead atoms. The number of benzene rings is 2. The number of amides is 2. The average molecular weight is 915 g/mol. The molecular weight excluding hydrogens is 849 g/mol. The Morgan fingerprint density at radius 2 is 1.74 bits per heavy atom. The van der Waals surface area contributed by atoms with E-state index in [2.05, 4.69) is 31.2 Å². The fraction of sp³-hybridized carbons (Fsp3) is 0.571. The van der Waals surface area contributed by atoms with Gasteiger partial charge in [0.15, 0.2) is 31.2 Å². The SMILES string of the molecule is CCCCOc1noc2c1C(=O)[C@@]1(O[Si](C)(C)C(C)(C)C)C(O)=C3C(=O)c4c(c(OC)cc(NC(=O)[C@H]5CCCN5C(=O)OCc5ccccc5)c4OCCCC)C[C@H]3C[C@H]1[C@@H]2N(C)C. The highest BCUT2D eigenvalue weighted by molar-refractivity contribution is 6.74. The molecule has 3 aliphatic carbocycles. The van der Waals surface area contributed by atoms with Crippen molar-refractivity contribution >= 4 is 37.6 Å². The fourth-order valence-electron chi connectivity index (χ4n) is 9.59. The summed E-state index contributed by atoms with van der Waals surface area (Å²) in [7, 11) is 2.32. The Morgan fingerprint density at radius 1 is 1.05 bits per heavy atom. The Balaban J connectivity index is 1.34. The monoisotopic (exact) mass is 914 g/mol. The van der Waals surface area contributed by atoms with Crippen LogP contribution < -0.4 is 19.5 Å². The van der Waals surface area contributed by atoms with Crippen molar-refractivity contribution in [3.05, 3.63) is 75.7 Å². The zero-order valence-electron chi connectivity index (χ0n) is 39.6. The number of likely N-dealkylation sites (tertiary alicyclic amines) is 1. The highest BCUT2D eigenvalue weighted by Crippen LogP contribution is 2.60. The Morgan fingerprint density at radius 3 is 2.38 bits per heavy atom. The number of ether oxygens (including phenoxy) is 4. The highest BCUT2D eigenvalue weighted by atomic mass is 28.4. The van der Waals surface area contributed by atoms with Crippen molar-refractivity contribution in [1.82, 2.24) is 15.0 Å². The lowest BCUT2D eigenvalue weighted by Crippen LogP contribution is -2.65. The maximum absolute atomic E-state index is 15.6. The van der Waals surface area contributed by atoms with Crippen molar-refractivity contribution < 1.29 is 52.2 Å². The number of nitrogens with one attached hydrogen (secondary N) is 1. The summed E-state index contributed by atoms with van der Waals surface area (Å²) in [5.74, 6) is -2.46. The molecule has 4 aliphatic rings. The first-order chi connectivity index (χ1) is 30.9. The molecule has 65 heavy (non-hydrogen) atoms. The zero-order chi connectivity index (χ0) is 47.0. The molecule has 1 aromatic heterocycles. The van der Waals surface area contributed by atoms with Gasteiger partial charge >= 0.3 is 6.09 Å². The van der Waals surface area contributed by atoms with E-state index in [1.165, 1.54) is 12.0 Å². The Hall–Kier alpha value is -5.19. The van der Waals surface area contributed by atoms with Gasteiger partial charge in [-0.05, 0) is 87.4 Å². The molecule has 2 aromatic carbocycles. The molecule has 3 aromatic rings. The largest absolute Gasteiger partial charge is 0.508 e. The van der Waals surface area contributed by atoms with Gasteiger partial charge in [0.1, 0.15) is 29.7 Å². The number of Topliss-reactive ketones (excluding diaryl/α,β-unsaturated/α-hetero) is 2. The summed E-state index contributed by atoms with van der Waals surface area (Å²) in [6.45, 7) is 15.2. The summed E-state index contributed by atoms with van der Waals surface area (Å²) in [5.41, 5.74) is -0.151. The van der Waals surface area contributed by atoms with Gasteiger partial charge in [-0.3, -0.25) is 24.2 Å². The maximum Gasteiger partial charge on any atom is 0.410 e. The van der Waals surface area contributed by atoms with Crippen LogP contribution in [0.4, 0.5) is 10.5 Å². The molecular formula is C49H66N4O11Si. The van der Waals surface area contributed by atoms with Gasteiger partial charge in [0.05, 0.1) is 37.6 Å². The van der Waals surface area contributed by atoms with Gasteiger partial charge in [0, 0.05) is 29.7 Å². The van der Waals surface area contributed by atoms with Crippen LogP contribution in [0.15, 0.2) is 52.3 Å². The van der Waals surface area contributed by atoms with Gasteiger partial charge in [-0.15, -0.1) is 0 Å². The number of aliphatic hydroxyl groups is 1. The van der Waals surface area contributed by atoms with Gasteiger partial charge in [-0.2, -0.15) is 0 Å². The van der Waals surface area contributed by atoms with E-state index in [-0.39, 0.29) is 60.1 Å². The second kappa shape index (κ2) is 19.0. The predicted molar refractivity (Wildman–Crippen MR) is 246 cm³/mol. The minimum Gasteiger partial charge on any atom is -0.508 e. The van der Waals surface area contributed by atoms with Crippen molar-refractivity contribution in [3.8, 4) is 17.4 Å². The summed E-state index contributed by atoms with van der Waals surface area (Å²) < 4.78 is 37.5. The normalized spacial score (nSPS) is 22.8. The van der Waals surface area contributed by atoms with Gasteiger partial charge in [-0.25, -0.2) is 4.79 Å². The van der Waals surface area contributed by atoms with Crippen LogP contribution in [0.2, 0.25) is 18.1 Å². The highest BCUT2D eigenvalue weighted by Gasteiger charge is 2.67. The second-order valence-electron chi connectivity index (χ2n) is 19.5. The predicted octanol–water partition coefficient (Wildman–Crippen LogP) is 9.23. The van der Waals surface area contributed by atoms with E-state index in [0.29, 0.717) is 49.5 Å². The van der Waals surface area contributed by atoms with Crippen LogP contribution >= 0.6 is 0 Å².